The number of carbonyl (C=O) groups is 2. The van der Waals surface area contributed by atoms with Gasteiger partial charge in [0.05, 0.1) is 5.92 Å². The van der Waals surface area contributed by atoms with Crippen LogP contribution in [0.25, 0.3) is 0 Å². The maximum absolute atomic E-state index is 12.2. The first-order valence-electron chi connectivity index (χ1n) is 7.90. The predicted octanol–water partition coefficient (Wildman–Crippen LogP) is 2.63. The van der Waals surface area contributed by atoms with Crippen LogP contribution < -0.4 is 5.73 Å². The number of carbonyl (C=O) groups excluding carboxylic acids is 2. The van der Waals surface area contributed by atoms with Gasteiger partial charge in [-0.15, -0.1) is 0 Å². The van der Waals surface area contributed by atoms with Crippen LogP contribution in [0.4, 0.5) is 0 Å². The Labute approximate surface area is 122 Å². The molecular formula is C16H28N2O2. The zero-order valence-electron chi connectivity index (χ0n) is 12.6. The smallest absolute Gasteiger partial charge is 0.233 e. The number of unbranched alkanes of at least 4 members (excludes halogenated alkanes) is 4. The minimum absolute atomic E-state index is 0.00252. The number of likely N-dealkylation sites (tertiary alicyclic amines) is 1. The molecule has 0 aromatic carbocycles. The molecule has 2 amide bonds. The Morgan fingerprint density at radius 1 is 1.20 bits per heavy atom. The van der Waals surface area contributed by atoms with Gasteiger partial charge in [0.15, 0.2) is 0 Å². The van der Waals surface area contributed by atoms with E-state index in [2.05, 4.69) is 13.0 Å². The number of amides is 2. The third kappa shape index (κ3) is 5.45. The summed E-state index contributed by atoms with van der Waals surface area (Å²) >= 11 is 0. The molecule has 1 heterocycles. The van der Waals surface area contributed by atoms with Crippen molar-refractivity contribution in [2.45, 2.75) is 58.3 Å². The van der Waals surface area contributed by atoms with Gasteiger partial charge in [0, 0.05) is 13.0 Å². The molecule has 1 aliphatic heterocycles. The van der Waals surface area contributed by atoms with Crippen LogP contribution in [-0.4, -0.2) is 29.8 Å². The highest BCUT2D eigenvalue weighted by molar-refractivity contribution is 6.03. The zero-order valence-corrected chi connectivity index (χ0v) is 12.6. The predicted molar refractivity (Wildman–Crippen MR) is 81.0 cm³/mol. The summed E-state index contributed by atoms with van der Waals surface area (Å²) in [5, 5.41) is 0. The Morgan fingerprint density at radius 3 is 2.65 bits per heavy atom. The summed E-state index contributed by atoms with van der Waals surface area (Å²) in [6.07, 6.45) is 11.4. The lowest BCUT2D eigenvalue weighted by atomic mass is 10.0. The van der Waals surface area contributed by atoms with Crippen molar-refractivity contribution >= 4 is 11.8 Å². The van der Waals surface area contributed by atoms with Crippen molar-refractivity contribution < 1.29 is 9.59 Å². The SMILES string of the molecule is CCC/C=C/CC1CC(=O)N(CCCCCCN)C1=O. The third-order valence-electron chi connectivity index (χ3n) is 3.72. The molecule has 1 atom stereocenters. The van der Waals surface area contributed by atoms with E-state index < -0.39 is 0 Å². The van der Waals surface area contributed by atoms with Gasteiger partial charge in [-0.25, -0.2) is 0 Å². The summed E-state index contributed by atoms with van der Waals surface area (Å²) < 4.78 is 0. The Hall–Kier alpha value is -1.16. The van der Waals surface area contributed by atoms with Crippen molar-refractivity contribution in [3.63, 3.8) is 0 Å². The van der Waals surface area contributed by atoms with E-state index in [1.54, 1.807) is 0 Å². The highest BCUT2D eigenvalue weighted by atomic mass is 16.2. The Bertz CT molecular complexity index is 339. The van der Waals surface area contributed by atoms with E-state index in [1.165, 1.54) is 4.90 Å². The van der Waals surface area contributed by atoms with Crippen molar-refractivity contribution in [1.29, 1.82) is 0 Å². The summed E-state index contributed by atoms with van der Waals surface area (Å²) in [6, 6.07) is 0. The van der Waals surface area contributed by atoms with E-state index in [1.807, 2.05) is 6.08 Å². The van der Waals surface area contributed by atoms with Gasteiger partial charge >= 0.3 is 0 Å². The molecule has 1 saturated heterocycles. The molecule has 0 saturated carbocycles. The van der Waals surface area contributed by atoms with Gasteiger partial charge in [-0.1, -0.05) is 38.3 Å². The molecule has 114 valence electrons. The van der Waals surface area contributed by atoms with Crippen LogP contribution >= 0.6 is 0 Å². The van der Waals surface area contributed by atoms with Gasteiger partial charge in [0.2, 0.25) is 11.8 Å². The average Bonchev–Trinajstić information content (AvgIpc) is 2.70. The summed E-state index contributed by atoms with van der Waals surface area (Å²) in [4.78, 5) is 25.5. The molecule has 2 N–H and O–H groups in total. The largest absolute Gasteiger partial charge is 0.330 e. The number of allylic oxidation sites excluding steroid dienone is 2. The van der Waals surface area contributed by atoms with Crippen LogP contribution in [0.1, 0.15) is 58.3 Å². The van der Waals surface area contributed by atoms with E-state index in [0.29, 0.717) is 25.9 Å². The number of hydrogen-bond donors (Lipinski definition) is 1. The summed E-state index contributed by atoms with van der Waals surface area (Å²) in [7, 11) is 0. The Balaban J connectivity index is 2.30. The van der Waals surface area contributed by atoms with Crippen molar-refractivity contribution in [2.24, 2.45) is 11.7 Å². The number of nitrogens with zero attached hydrogens (tertiary/aromatic N) is 1. The molecule has 4 heteroatoms. The monoisotopic (exact) mass is 280 g/mol. The van der Waals surface area contributed by atoms with Gasteiger partial charge in [0.25, 0.3) is 0 Å². The fraction of sp³-hybridized carbons (Fsp3) is 0.750. The van der Waals surface area contributed by atoms with Crippen LogP contribution in [0, 0.1) is 5.92 Å². The molecule has 0 aliphatic carbocycles. The van der Waals surface area contributed by atoms with Gasteiger partial charge in [-0.2, -0.15) is 0 Å². The lowest BCUT2D eigenvalue weighted by Crippen LogP contribution is -2.31. The second-order valence-electron chi connectivity index (χ2n) is 5.48. The first-order valence-corrected chi connectivity index (χ1v) is 7.90. The molecule has 1 rings (SSSR count). The van der Waals surface area contributed by atoms with Crippen LogP contribution in [0.2, 0.25) is 0 Å². The summed E-state index contributed by atoms with van der Waals surface area (Å²) in [5.74, 6) is -0.0997. The minimum atomic E-state index is -0.125. The molecule has 1 fully saturated rings. The number of hydrogen-bond acceptors (Lipinski definition) is 3. The Morgan fingerprint density at radius 2 is 1.95 bits per heavy atom. The van der Waals surface area contributed by atoms with Crippen molar-refractivity contribution in [1.82, 2.24) is 4.90 Å². The molecule has 20 heavy (non-hydrogen) atoms. The highest BCUT2D eigenvalue weighted by Gasteiger charge is 2.36. The van der Waals surface area contributed by atoms with Gasteiger partial charge in [0.1, 0.15) is 0 Å². The van der Waals surface area contributed by atoms with Gasteiger partial charge < -0.3 is 5.73 Å². The number of rotatable bonds is 10. The van der Waals surface area contributed by atoms with Crippen molar-refractivity contribution in [3.05, 3.63) is 12.2 Å². The maximum atomic E-state index is 12.2. The first-order chi connectivity index (χ1) is 9.70. The van der Waals surface area contributed by atoms with E-state index in [4.69, 9.17) is 5.73 Å². The maximum Gasteiger partial charge on any atom is 0.233 e. The zero-order chi connectivity index (χ0) is 14.8. The second-order valence-corrected chi connectivity index (χ2v) is 5.48. The van der Waals surface area contributed by atoms with Gasteiger partial charge in [-0.3, -0.25) is 14.5 Å². The molecular weight excluding hydrogens is 252 g/mol. The van der Waals surface area contributed by atoms with Crippen LogP contribution in [0.15, 0.2) is 12.2 Å². The van der Waals surface area contributed by atoms with E-state index in [9.17, 15) is 9.59 Å². The average molecular weight is 280 g/mol. The normalized spacial score (nSPS) is 19.5. The van der Waals surface area contributed by atoms with E-state index in [-0.39, 0.29) is 17.7 Å². The van der Waals surface area contributed by atoms with Crippen LogP contribution in [-0.2, 0) is 9.59 Å². The highest BCUT2D eigenvalue weighted by Crippen LogP contribution is 2.23. The van der Waals surface area contributed by atoms with Crippen molar-refractivity contribution in [3.8, 4) is 0 Å². The topological polar surface area (TPSA) is 63.4 Å². The Kier molecular flexibility index (Phi) is 8.19. The fourth-order valence-corrected chi connectivity index (χ4v) is 2.48. The second kappa shape index (κ2) is 9.70. The van der Waals surface area contributed by atoms with Crippen molar-refractivity contribution in [2.75, 3.05) is 13.1 Å². The molecule has 0 spiro atoms. The molecule has 0 bridgehead atoms. The quantitative estimate of drug-likeness (QED) is 0.380. The lowest BCUT2D eigenvalue weighted by molar-refractivity contribution is -0.139. The molecule has 1 unspecified atom stereocenters. The molecule has 0 aromatic rings. The summed E-state index contributed by atoms with van der Waals surface area (Å²) in [6.45, 7) is 3.42. The molecule has 0 aromatic heterocycles. The molecule has 1 aliphatic rings. The fourth-order valence-electron chi connectivity index (χ4n) is 2.48. The van der Waals surface area contributed by atoms with Crippen LogP contribution in [0.5, 0.6) is 0 Å². The standard InChI is InChI=1S/C16H28N2O2/c1-2-3-4-7-10-14-13-15(19)18(16(14)20)12-9-6-5-8-11-17/h4,7,14H,2-3,5-6,8-13,17H2,1H3/b7-4+. The third-order valence-corrected chi connectivity index (χ3v) is 3.72. The van der Waals surface area contributed by atoms with E-state index >= 15 is 0 Å². The lowest BCUT2D eigenvalue weighted by Gasteiger charge is -2.14. The first kappa shape index (κ1) is 16.9. The van der Waals surface area contributed by atoms with Gasteiger partial charge in [-0.05, 0) is 32.2 Å². The van der Waals surface area contributed by atoms with Crippen LogP contribution in [0.3, 0.4) is 0 Å². The number of imide groups is 1. The number of nitrogens with two attached hydrogens (primary N) is 1. The minimum Gasteiger partial charge on any atom is -0.330 e. The summed E-state index contributed by atoms with van der Waals surface area (Å²) in [5.41, 5.74) is 5.44. The van der Waals surface area contributed by atoms with E-state index in [0.717, 1.165) is 38.5 Å². The molecule has 0 radical (unpaired) electrons. The molecule has 4 nitrogen and oxygen atoms in total.